The zero-order chi connectivity index (χ0) is 11.5. The van der Waals surface area contributed by atoms with Gasteiger partial charge in [-0.2, -0.15) is 0 Å². The summed E-state index contributed by atoms with van der Waals surface area (Å²) >= 11 is 14.9. The molecule has 0 aliphatic heterocycles. The minimum absolute atomic E-state index is 0.171. The number of halogens is 3. The molecule has 0 amide bonds. The van der Waals surface area contributed by atoms with E-state index >= 15 is 0 Å². The average Bonchev–Trinajstić information content (AvgIpc) is 2.24. The van der Waals surface area contributed by atoms with Gasteiger partial charge in [0.15, 0.2) is 16.1 Å². The first kappa shape index (κ1) is 11.6. The van der Waals surface area contributed by atoms with Crippen LogP contribution < -0.4 is 4.74 Å². The molecule has 0 unspecified atom stereocenters. The van der Waals surface area contributed by atoms with Gasteiger partial charge in [-0.15, -0.1) is 10.2 Å². The van der Waals surface area contributed by atoms with Crippen molar-refractivity contribution < 1.29 is 4.74 Å². The monoisotopic (exact) mass is 318 g/mol. The molecule has 0 aliphatic carbocycles. The van der Waals surface area contributed by atoms with Crippen molar-refractivity contribution in [2.75, 3.05) is 0 Å². The number of aromatic nitrogens is 2. The van der Waals surface area contributed by atoms with Gasteiger partial charge in [-0.3, -0.25) is 0 Å². The molecule has 0 N–H and O–H groups in total. The maximum atomic E-state index is 5.82. The van der Waals surface area contributed by atoms with E-state index in [0.29, 0.717) is 11.5 Å². The van der Waals surface area contributed by atoms with Crippen LogP contribution in [-0.4, -0.2) is 10.2 Å². The molecule has 0 saturated carbocycles. The van der Waals surface area contributed by atoms with E-state index in [2.05, 4.69) is 26.1 Å². The van der Waals surface area contributed by atoms with E-state index in [1.807, 2.05) is 18.2 Å². The molecule has 0 bridgehead atoms. The Morgan fingerprint density at radius 1 is 1.12 bits per heavy atom. The Morgan fingerprint density at radius 3 is 2.69 bits per heavy atom. The van der Waals surface area contributed by atoms with Gasteiger partial charge in [0.25, 0.3) is 0 Å². The van der Waals surface area contributed by atoms with E-state index in [-0.39, 0.29) is 10.3 Å². The highest BCUT2D eigenvalue weighted by atomic mass is 79.9. The van der Waals surface area contributed by atoms with E-state index in [9.17, 15) is 0 Å². The van der Waals surface area contributed by atoms with Gasteiger partial charge in [-0.1, -0.05) is 45.2 Å². The average molecular weight is 320 g/mol. The van der Waals surface area contributed by atoms with Crippen LogP contribution in [0.4, 0.5) is 0 Å². The van der Waals surface area contributed by atoms with Gasteiger partial charge in [-0.05, 0) is 18.2 Å². The molecular formula is C10H5BrCl2N2O. The molecule has 0 atom stereocenters. The highest BCUT2D eigenvalue weighted by Crippen LogP contribution is 2.29. The van der Waals surface area contributed by atoms with Crippen molar-refractivity contribution in [3.05, 3.63) is 45.1 Å². The number of benzene rings is 1. The van der Waals surface area contributed by atoms with Gasteiger partial charge in [0.2, 0.25) is 0 Å². The second-order valence-corrected chi connectivity index (χ2v) is 4.54. The predicted molar refractivity (Wildman–Crippen MR) is 66.3 cm³/mol. The van der Waals surface area contributed by atoms with Gasteiger partial charge >= 0.3 is 0 Å². The lowest BCUT2D eigenvalue weighted by molar-refractivity contribution is 0.478. The number of hydrogen-bond donors (Lipinski definition) is 0. The Hall–Kier alpha value is -0.840. The highest BCUT2D eigenvalue weighted by molar-refractivity contribution is 9.10. The quantitative estimate of drug-likeness (QED) is 0.826. The van der Waals surface area contributed by atoms with Crippen LogP contribution in [0.2, 0.25) is 10.3 Å². The number of nitrogens with zero attached hydrogens (tertiary/aromatic N) is 2. The number of ether oxygens (including phenoxy) is 1. The molecule has 0 saturated heterocycles. The molecule has 0 radical (unpaired) electrons. The van der Waals surface area contributed by atoms with Crippen LogP contribution in [0, 0.1) is 0 Å². The summed E-state index contributed by atoms with van der Waals surface area (Å²) in [5, 5.41) is 7.64. The zero-order valence-corrected chi connectivity index (χ0v) is 10.9. The Morgan fingerprint density at radius 2 is 1.94 bits per heavy atom. The lowest BCUT2D eigenvalue weighted by atomic mass is 10.3. The molecule has 2 aromatic rings. The van der Waals surface area contributed by atoms with E-state index in [1.54, 1.807) is 6.07 Å². The van der Waals surface area contributed by atoms with Crippen molar-refractivity contribution in [2.24, 2.45) is 0 Å². The van der Waals surface area contributed by atoms with Crippen LogP contribution in [0.25, 0.3) is 0 Å². The summed E-state index contributed by atoms with van der Waals surface area (Å²) in [7, 11) is 0. The molecule has 16 heavy (non-hydrogen) atoms. The third kappa shape index (κ3) is 2.84. The topological polar surface area (TPSA) is 35.0 Å². The van der Waals surface area contributed by atoms with E-state index < -0.39 is 0 Å². The molecule has 6 heteroatoms. The summed E-state index contributed by atoms with van der Waals surface area (Å²) in [5.74, 6) is 1.01. The van der Waals surface area contributed by atoms with E-state index in [1.165, 1.54) is 6.07 Å². The Kier molecular flexibility index (Phi) is 3.63. The van der Waals surface area contributed by atoms with Gasteiger partial charge in [-0.25, -0.2) is 0 Å². The van der Waals surface area contributed by atoms with Crippen molar-refractivity contribution in [2.45, 2.75) is 0 Å². The lowest BCUT2D eigenvalue weighted by Crippen LogP contribution is -1.90. The van der Waals surface area contributed by atoms with Gasteiger partial charge in [0.05, 0.1) is 0 Å². The van der Waals surface area contributed by atoms with Crippen LogP contribution in [0.1, 0.15) is 0 Å². The number of hydrogen-bond acceptors (Lipinski definition) is 3. The maximum Gasteiger partial charge on any atom is 0.194 e. The van der Waals surface area contributed by atoms with Crippen molar-refractivity contribution in [1.29, 1.82) is 0 Å². The summed E-state index contributed by atoms with van der Waals surface area (Å²) in [6.07, 6.45) is 0. The third-order valence-corrected chi connectivity index (χ3v) is 2.65. The van der Waals surface area contributed by atoms with Gasteiger partial charge < -0.3 is 4.74 Å². The number of rotatable bonds is 2. The summed E-state index contributed by atoms with van der Waals surface area (Å²) < 4.78 is 6.43. The van der Waals surface area contributed by atoms with E-state index in [4.69, 9.17) is 27.9 Å². The normalized spacial score (nSPS) is 10.2. The zero-order valence-electron chi connectivity index (χ0n) is 7.82. The summed E-state index contributed by atoms with van der Waals surface area (Å²) in [6.45, 7) is 0. The van der Waals surface area contributed by atoms with Crippen LogP contribution in [0.5, 0.6) is 11.5 Å². The second-order valence-electron chi connectivity index (χ2n) is 2.88. The van der Waals surface area contributed by atoms with Crippen LogP contribution in [0.3, 0.4) is 0 Å². The molecular weight excluding hydrogens is 315 g/mol. The summed E-state index contributed by atoms with van der Waals surface area (Å²) in [4.78, 5) is 0. The molecule has 0 spiro atoms. The summed E-state index contributed by atoms with van der Waals surface area (Å²) in [6, 6.07) is 8.87. The molecule has 3 nitrogen and oxygen atoms in total. The molecule has 1 aromatic heterocycles. The first-order valence-corrected chi connectivity index (χ1v) is 5.82. The molecule has 2 rings (SSSR count). The fourth-order valence-electron chi connectivity index (χ4n) is 1.07. The first-order valence-electron chi connectivity index (χ1n) is 4.27. The maximum absolute atomic E-state index is 5.82. The molecule has 1 aromatic carbocycles. The predicted octanol–water partition coefficient (Wildman–Crippen LogP) is 4.34. The highest BCUT2D eigenvalue weighted by Gasteiger charge is 2.06. The second kappa shape index (κ2) is 4.99. The Bertz CT molecular complexity index is 522. The standard InChI is InChI=1S/C10H5BrCl2N2O/c11-6-2-1-3-7(4-6)16-8-5-9(12)14-15-10(8)13/h1-5H. The molecule has 82 valence electrons. The van der Waals surface area contributed by atoms with Crippen LogP contribution in [0.15, 0.2) is 34.8 Å². The first-order chi connectivity index (χ1) is 7.65. The van der Waals surface area contributed by atoms with Gasteiger partial charge in [0, 0.05) is 10.5 Å². The molecule has 0 aliphatic rings. The van der Waals surface area contributed by atoms with E-state index in [0.717, 1.165) is 4.47 Å². The minimum Gasteiger partial charge on any atom is -0.454 e. The largest absolute Gasteiger partial charge is 0.454 e. The molecule has 0 fully saturated rings. The van der Waals surface area contributed by atoms with Crippen LogP contribution in [-0.2, 0) is 0 Å². The molecule has 1 heterocycles. The smallest absolute Gasteiger partial charge is 0.194 e. The fraction of sp³-hybridized carbons (Fsp3) is 0. The third-order valence-electron chi connectivity index (χ3n) is 1.71. The lowest BCUT2D eigenvalue weighted by Gasteiger charge is -2.06. The SMILES string of the molecule is Clc1cc(Oc2cccc(Br)c2)c(Cl)nn1. The van der Waals surface area contributed by atoms with Crippen LogP contribution >= 0.6 is 39.1 Å². The van der Waals surface area contributed by atoms with Crippen molar-refractivity contribution in [1.82, 2.24) is 10.2 Å². The minimum atomic E-state index is 0.171. The van der Waals surface area contributed by atoms with Crippen molar-refractivity contribution in [3.8, 4) is 11.5 Å². The Labute approximate surface area is 110 Å². The van der Waals surface area contributed by atoms with Crippen molar-refractivity contribution in [3.63, 3.8) is 0 Å². The van der Waals surface area contributed by atoms with Gasteiger partial charge in [0.1, 0.15) is 5.75 Å². The van der Waals surface area contributed by atoms with Crippen molar-refractivity contribution >= 4 is 39.1 Å². The Balaban J connectivity index is 2.30. The fourth-order valence-corrected chi connectivity index (χ4v) is 1.71. The summed E-state index contributed by atoms with van der Waals surface area (Å²) in [5.41, 5.74) is 0.